The summed E-state index contributed by atoms with van der Waals surface area (Å²) in [6.45, 7) is 6.47. The van der Waals surface area contributed by atoms with Crippen LogP contribution in [0.15, 0.2) is 36.7 Å². The Morgan fingerprint density at radius 1 is 1.15 bits per heavy atom. The number of nitrogens with zero attached hydrogens (tertiary/aromatic N) is 5. The number of benzene rings is 1. The molecule has 1 N–H and O–H groups in total. The van der Waals surface area contributed by atoms with Crippen molar-refractivity contribution in [3.8, 4) is 0 Å². The number of aromatic nitrogens is 3. The van der Waals surface area contributed by atoms with Crippen molar-refractivity contribution in [2.24, 2.45) is 0 Å². The number of hydrogen-bond donors (Lipinski definition) is 1. The zero-order valence-corrected chi connectivity index (χ0v) is 19.4. The number of carbonyl (C=O) groups is 1. The zero-order chi connectivity index (χ0) is 22.8. The van der Waals surface area contributed by atoms with Gasteiger partial charge in [-0.3, -0.25) is 9.69 Å². The van der Waals surface area contributed by atoms with Crippen LogP contribution in [0.3, 0.4) is 0 Å². The van der Waals surface area contributed by atoms with Crippen LogP contribution in [0.4, 0.5) is 0 Å². The summed E-state index contributed by atoms with van der Waals surface area (Å²) in [7, 11) is 0. The van der Waals surface area contributed by atoms with E-state index in [1.807, 2.05) is 11.8 Å². The van der Waals surface area contributed by atoms with Crippen LogP contribution >= 0.6 is 0 Å². The van der Waals surface area contributed by atoms with Crippen LogP contribution in [0.2, 0.25) is 0 Å². The molecule has 7 nitrogen and oxygen atoms in total. The summed E-state index contributed by atoms with van der Waals surface area (Å²) in [6.07, 6.45) is 9.04. The molecular formula is C26H33N5O2. The molecule has 33 heavy (non-hydrogen) atoms. The number of hydrogen-bond acceptors (Lipinski definition) is 5. The molecule has 1 unspecified atom stereocenters. The number of rotatable bonds is 7. The molecule has 5 rings (SSSR count). The Morgan fingerprint density at radius 3 is 2.76 bits per heavy atom. The molecule has 1 atom stereocenters. The van der Waals surface area contributed by atoms with Gasteiger partial charge in [-0.15, -0.1) is 0 Å². The van der Waals surface area contributed by atoms with Gasteiger partial charge in [0.2, 0.25) is 0 Å². The first-order valence-corrected chi connectivity index (χ1v) is 12.2. The standard InChI is InChI=1S/C26H33N5O2/c1-19-22(26(33)29-11-4-5-12-29)16-27-25(28-19)24-10-6-13-31(24)18-20-17-30(14-7-15-32)23-9-3-2-8-21(20)23/h2-3,8-9,16-17,24,32H,4-7,10-15,18H2,1H3. The maximum atomic E-state index is 12.8. The van der Waals surface area contributed by atoms with Gasteiger partial charge in [0, 0.05) is 56.1 Å². The smallest absolute Gasteiger partial charge is 0.257 e. The van der Waals surface area contributed by atoms with E-state index in [2.05, 4.69) is 44.9 Å². The number of aliphatic hydroxyl groups excluding tert-OH is 1. The summed E-state index contributed by atoms with van der Waals surface area (Å²) >= 11 is 0. The van der Waals surface area contributed by atoms with Crippen molar-refractivity contribution in [1.82, 2.24) is 24.3 Å². The lowest BCUT2D eigenvalue weighted by atomic mass is 10.1. The van der Waals surface area contributed by atoms with Gasteiger partial charge in [-0.2, -0.15) is 0 Å². The highest BCUT2D eigenvalue weighted by molar-refractivity contribution is 5.95. The fourth-order valence-electron chi connectivity index (χ4n) is 5.35. The number of fused-ring (bicyclic) bond motifs is 1. The average molecular weight is 448 g/mol. The first kappa shape index (κ1) is 22.0. The second-order valence-electron chi connectivity index (χ2n) is 9.30. The Balaban J connectivity index is 1.37. The third-order valence-corrected chi connectivity index (χ3v) is 7.09. The summed E-state index contributed by atoms with van der Waals surface area (Å²) in [6, 6.07) is 8.66. The minimum absolute atomic E-state index is 0.0653. The second-order valence-corrected chi connectivity index (χ2v) is 9.30. The molecule has 0 saturated carbocycles. The van der Waals surface area contributed by atoms with Gasteiger partial charge < -0.3 is 14.6 Å². The predicted molar refractivity (Wildman–Crippen MR) is 128 cm³/mol. The van der Waals surface area contributed by atoms with E-state index < -0.39 is 0 Å². The number of para-hydroxylation sites is 1. The van der Waals surface area contributed by atoms with Crippen LogP contribution in [-0.4, -0.2) is 61.6 Å². The summed E-state index contributed by atoms with van der Waals surface area (Å²) in [4.78, 5) is 26.7. The quantitative estimate of drug-likeness (QED) is 0.598. The molecule has 3 aromatic rings. The van der Waals surface area contributed by atoms with Crippen molar-refractivity contribution < 1.29 is 9.90 Å². The Morgan fingerprint density at radius 2 is 1.97 bits per heavy atom. The number of aryl methyl sites for hydroxylation is 2. The Hall–Kier alpha value is -2.77. The number of aliphatic hydroxyl groups is 1. The van der Waals surface area contributed by atoms with Gasteiger partial charge in [-0.25, -0.2) is 9.97 Å². The normalized spacial score (nSPS) is 19.1. The number of likely N-dealkylation sites (tertiary alicyclic amines) is 2. The number of amides is 1. The van der Waals surface area contributed by atoms with Gasteiger partial charge in [0.15, 0.2) is 0 Å². The van der Waals surface area contributed by atoms with Crippen molar-refractivity contribution >= 4 is 16.8 Å². The van der Waals surface area contributed by atoms with Crippen molar-refractivity contribution in [2.75, 3.05) is 26.2 Å². The number of carbonyl (C=O) groups excluding carboxylic acids is 1. The molecule has 2 aliphatic heterocycles. The van der Waals surface area contributed by atoms with Crippen LogP contribution in [0.5, 0.6) is 0 Å². The van der Waals surface area contributed by atoms with E-state index in [9.17, 15) is 9.90 Å². The maximum absolute atomic E-state index is 12.8. The predicted octanol–water partition coefficient (Wildman–Crippen LogP) is 3.70. The fraction of sp³-hybridized carbons (Fsp3) is 0.500. The molecule has 7 heteroatoms. The Labute approximate surface area is 195 Å². The zero-order valence-electron chi connectivity index (χ0n) is 19.4. The molecule has 2 saturated heterocycles. The highest BCUT2D eigenvalue weighted by Crippen LogP contribution is 2.33. The van der Waals surface area contributed by atoms with Gasteiger partial charge in [-0.05, 0) is 57.2 Å². The molecule has 0 aliphatic carbocycles. The minimum atomic E-state index is 0.0653. The van der Waals surface area contributed by atoms with E-state index in [0.717, 1.165) is 76.3 Å². The van der Waals surface area contributed by atoms with Crippen LogP contribution < -0.4 is 0 Å². The summed E-state index contributed by atoms with van der Waals surface area (Å²) in [5, 5.41) is 10.5. The fourth-order valence-corrected chi connectivity index (χ4v) is 5.35. The van der Waals surface area contributed by atoms with Crippen LogP contribution in [0.1, 0.15) is 65.6 Å². The van der Waals surface area contributed by atoms with E-state index in [1.54, 1.807) is 6.20 Å². The van der Waals surface area contributed by atoms with Crippen molar-refractivity contribution in [2.45, 2.75) is 58.2 Å². The first-order valence-electron chi connectivity index (χ1n) is 12.2. The average Bonchev–Trinajstić information content (AvgIpc) is 3.59. The van der Waals surface area contributed by atoms with Crippen molar-refractivity contribution in [3.05, 3.63) is 59.3 Å². The molecule has 174 valence electrons. The lowest BCUT2D eigenvalue weighted by Crippen LogP contribution is -2.29. The van der Waals surface area contributed by atoms with E-state index in [-0.39, 0.29) is 18.6 Å². The van der Waals surface area contributed by atoms with Gasteiger partial charge in [0.1, 0.15) is 5.82 Å². The van der Waals surface area contributed by atoms with Crippen LogP contribution in [-0.2, 0) is 13.1 Å². The van der Waals surface area contributed by atoms with Gasteiger partial charge in [0.05, 0.1) is 17.3 Å². The second kappa shape index (κ2) is 9.61. The lowest BCUT2D eigenvalue weighted by Gasteiger charge is -2.24. The highest BCUT2D eigenvalue weighted by atomic mass is 16.3. The molecule has 2 aliphatic rings. The van der Waals surface area contributed by atoms with Crippen molar-refractivity contribution in [3.63, 3.8) is 0 Å². The van der Waals surface area contributed by atoms with Gasteiger partial charge >= 0.3 is 0 Å². The SMILES string of the molecule is Cc1nc(C2CCCN2Cc2cn(CCCO)c3ccccc23)ncc1C(=O)N1CCCC1. The Kier molecular flexibility index (Phi) is 6.42. The Bertz CT molecular complexity index is 1130. The van der Waals surface area contributed by atoms with E-state index in [1.165, 1.54) is 16.5 Å². The first-order chi connectivity index (χ1) is 16.2. The third-order valence-electron chi connectivity index (χ3n) is 7.09. The largest absolute Gasteiger partial charge is 0.396 e. The minimum Gasteiger partial charge on any atom is -0.396 e. The maximum Gasteiger partial charge on any atom is 0.257 e. The molecule has 0 spiro atoms. The lowest BCUT2D eigenvalue weighted by molar-refractivity contribution is 0.0791. The summed E-state index contributed by atoms with van der Waals surface area (Å²) in [5.74, 6) is 0.891. The monoisotopic (exact) mass is 447 g/mol. The summed E-state index contributed by atoms with van der Waals surface area (Å²) in [5.41, 5.74) is 3.93. The molecule has 1 aromatic carbocycles. The van der Waals surface area contributed by atoms with E-state index in [4.69, 9.17) is 4.98 Å². The molecular weight excluding hydrogens is 414 g/mol. The van der Waals surface area contributed by atoms with Gasteiger partial charge in [0.25, 0.3) is 5.91 Å². The van der Waals surface area contributed by atoms with E-state index >= 15 is 0 Å². The molecule has 2 fully saturated rings. The molecule has 0 bridgehead atoms. The molecule has 0 radical (unpaired) electrons. The molecule has 4 heterocycles. The third kappa shape index (κ3) is 4.39. The molecule has 1 amide bonds. The topological polar surface area (TPSA) is 74.5 Å². The van der Waals surface area contributed by atoms with Crippen LogP contribution in [0, 0.1) is 6.92 Å². The van der Waals surface area contributed by atoms with Crippen molar-refractivity contribution in [1.29, 1.82) is 0 Å². The molecule has 2 aromatic heterocycles. The summed E-state index contributed by atoms with van der Waals surface area (Å²) < 4.78 is 2.26. The highest BCUT2D eigenvalue weighted by Gasteiger charge is 2.30. The van der Waals surface area contributed by atoms with E-state index in [0.29, 0.717) is 5.56 Å². The van der Waals surface area contributed by atoms with Gasteiger partial charge in [-0.1, -0.05) is 18.2 Å². The van der Waals surface area contributed by atoms with Crippen LogP contribution in [0.25, 0.3) is 10.9 Å².